The van der Waals surface area contributed by atoms with Crippen molar-refractivity contribution in [3.05, 3.63) is 0 Å². The summed E-state index contributed by atoms with van der Waals surface area (Å²) >= 11 is 0. The first-order valence-electron chi connectivity index (χ1n) is 10.4. The Bertz CT molecular complexity index is 433. The van der Waals surface area contributed by atoms with Gasteiger partial charge in [-0.1, -0.05) is 48.5 Å². The minimum atomic E-state index is -1.01. The van der Waals surface area contributed by atoms with Crippen LogP contribution in [0.15, 0.2) is 0 Å². The van der Waals surface area contributed by atoms with Gasteiger partial charge in [0.25, 0.3) is 6.47 Å². The number of carboxylic acids is 2. The monoisotopic (exact) mass is 437 g/mol. The van der Waals surface area contributed by atoms with Crippen LogP contribution in [-0.2, 0) is 19.2 Å². The maximum absolute atomic E-state index is 11.9. The van der Waals surface area contributed by atoms with Crippen molar-refractivity contribution in [2.45, 2.75) is 54.9 Å². The van der Waals surface area contributed by atoms with Gasteiger partial charge in [0.05, 0.1) is 19.6 Å². The van der Waals surface area contributed by atoms with Gasteiger partial charge in [0, 0.05) is 19.6 Å². The maximum Gasteiger partial charge on any atom is 0.317 e. The number of carboxylic acid groups (broad SMARTS) is 3. The summed E-state index contributed by atoms with van der Waals surface area (Å²) in [6.07, 6.45) is 0.868. The topological polar surface area (TPSA) is 147 Å². The lowest BCUT2D eigenvalue weighted by atomic mass is 10.1. The summed E-state index contributed by atoms with van der Waals surface area (Å²) in [5, 5.41) is 27.4. The zero-order valence-electron chi connectivity index (χ0n) is 19.7. The highest BCUT2D eigenvalue weighted by atomic mass is 16.4. The fourth-order valence-corrected chi connectivity index (χ4v) is 1.99. The van der Waals surface area contributed by atoms with Crippen LogP contribution < -0.4 is 5.32 Å². The molecule has 0 radical (unpaired) electrons. The minimum absolute atomic E-state index is 0.00494. The third-order valence-corrected chi connectivity index (χ3v) is 3.31. The lowest BCUT2D eigenvalue weighted by molar-refractivity contribution is -0.140. The molecule has 30 heavy (non-hydrogen) atoms. The van der Waals surface area contributed by atoms with E-state index in [4.69, 9.17) is 20.1 Å². The van der Waals surface area contributed by atoms with Gasteiger partial charge >= 0.3 is 11.9 Å². The molecule has 180 valence electrons. The molecule has 0 aromatic rings. The molecule has 0 rings (SSSR count). The Hall–Kier alpha value is -2.20. The Morgan fingerprint density at radius 3 is 1.67 bits per heavy atom. The summed E-state index contributed by atoms with van der Waals surface area (Å²) in [6.45, 7) is 15.2. The summed E-state index contributed by atoms with van der Waals surface area (Å²) in [6, 6.07) is 0. The Morgan fingerprint density at radius 1 is 0.900 bits per heavy atom. The van der Waals surface area contributed by atoms with Gasteiger partial charge in [0.1, 0.15) is 0 Å². The molecule has 0 fully saturated rings. The van der Waals surface area contributed by atoms with E-state index in [9.17, 15) is 14.4 Å². The van der Waals surface area contributed by atoms with E-state index in [0.717, 1.165) is 6.42 Å². The van der Waals surface area contributed by atoms with Gasteiger partial charge in [0.2, 0.25) is 5.91 Å². The second-order valence-electron chi connectivity index (χ2n) is 6.00. The number of nitrogens with one attached hydrogen (secondary N) is 1. The number of carbonyl (C=O) groups is 4. The Morgan fingerprint density at radius 2 is 1.30 bits per heavy atom. The molecular weight excluding hydrogens is 394 g/mol. The molecular formula is C20H43N3O7. The fourth-order valence-electron chi connectivity index (χ4n) is 1.99. The Labute approximate surface area is 181 Å². The standard InChI is InChI=1S/C15H29N3O5.2C2H6.CH2O2/c1-4-17(10-14(20)21)7-8-18(11-15(22)23)9-13(19)16-6-5-12(2)3;2*1-2;2-1-3/h12H,4-11H2,1-3H3,(H,16,19)(H,20,21)(H,22,23);2*1-2H3;1H,(H,2,3). The van der Waals surface area contributed by atoms with Crippen LogP contribution in [0.4, 0.5) is 0 Å². The average Bonchev–Trinajstić information content (AvgIpc) is 2.67. The van der Waals surface area contributed by atoms with E-state index in [-0.39, 0.29) is 32.0 Å². The van der Waals surface area contributed by atoms with E-state index in [2.05, 4.69) is 19.2 Å². The minimum Gasteiger partial charge on any atom is -0.483 e. The number of nitrogens with zero attached hydrogens (tertiary/aromatic N) is 2. The predicted octanol–water partition coefficient (Wildman–Crippen LogP) is 1.70. The van der Waals surface area contributed by atoms with E-state index in [0.29, 0.717) is 32.1 Å². The van der Waals surface area contributed by atoms with Crippen LogP contribution in [0.3, 0.4) is 0 Å². The smallest absolute Gasteiger partial charge is 0.317 e. The van der Waals surface area contributed by atoms with Crippen LogP contribution in [0.25, 0.3) is 0 Å². The van der Waals surface area contributed by atoms with Crippen molar-refractivity contribution in [3.8, 4) is 0 Å². The zero-order valence-corrected chi connectivity index (χ0v) is 19.7. The highest BCUT2D eigenvalue weighted by molar-refractivity contribution is 5.79. The molecule has 0 aromatic heterocycles. The first-order chi connectivity index (χ1) is 14.2. The summed E-state index contributed by atoms with van der Waals surface area (Å²) in [4.78, 5) is 45.0. The number of carbonyl (C=O) groups excluding carboxylic acids is 1. The van der Waals surface area contributed by atoms with Gasteiger partial charge < -0.3 is 20.6 Å². The van der Waals surface area contributed by atoms with Gasteiger partial charge in [-0.3, -0.25) is 29.0 Å². The molecule has 0 heterocycles. The maximum atomic E-state index is 11.9. The summed E-state index contributed by atoms with van der Waals surface area (Å²) in [5.74, 6) is -1.67. The lowest BCUT2D eigenvalue weighted by Gasteiger charge is -2.24. The van der Waals surface area contributed by atoms with E-state index in [1.165, 1.54) is 4.90 Å². The Balaban J connectivity index is -0.000000427. The van der Waals surface area contributed by atoms with Gasteiger partial charge in [-0.25, -0.2) is 0 Å². The summed E-state index contributed by atoms with van der Waals surface area (Å²) in [7, 11) is 0. The number of rotatable bonds is 13. The van der Waals surface area contributed by atoms with Gasteiger partial charge in [-0.05, 0) is 18.9 Å². The first-order valence-corrected chi connectivity index (χ1v) is 10.4. The molecule has 10 heteroatoms. The van der Waals surface area contributed by atoms with Crippen LogP contribution in [-0.4, -0.2) is 95.3 Å². The van der Waals surface area contributed by atoms with E-state index in [1.54, 1.807) is 4.90 Å². The third kappa shape index (κ3) is 30.5. The molecule has 0 saturated carbocycles. The van der Waals surface area contributed by atoms with Crippen molar-refractivity contribution in [2.24, 2.45) is 5.92 Å². The second kappa shape index (κ2) is 26.8. The van der Waals surface area contributed by atoms with Crippen molar-refractivity contribution in [2.75, 3.05) is 45.8 Å². The molecule has 0 spiro atoms. The van der Waals surface area contributed by atoms with Crippen LogP contribution in [0, 0.1) is 5.92 Å². The molecule has 0 unspecified atom stereocenters. The second-order valence-corrected chi connectivity index (χ2v) is 6.00. The molecule has 0 saturated heterocycles. The number of amides is 1. The predicted molar refractivity (Wildman–Crippen MR) is 118 cm³/mol. The normalized spacial score (nSPS) is 9.40. The molecule has 0 bridgehead atoms. The van der Waals surface area contributed by atoms with Gasteiger partial charge in [-0.15, -0.1) is 0 Å². The van der Waals surface area contributed by atoms with Crippen molar-refractivity contribution < 1.29 is 34.5 Å². The molecule has 0 aliphatic rings. The van der Waals surface area contributed by atoms with E-state index >= 15 is 0 Å². The van der Waals surface area contributed by atoms with Crippen LogP contribution >= 0.6 is 0 Å². The molecule has 0 atom stereocenters. The number of hydrogen-bond acceptors (Lipinski definition) is 6. The zero-order chi connectivity index (χ0) is 24.5. The summed E-state index contributed by atoms with van der Waals surface area (Å²) in [5.41, 5.74) is 0. The number of aliphatic carboxylic acids is 2. The fraction of sp³-hybridized carbons (Fsp3) is 0.800. The van der Waals surface area contributed by atoms with Crippen LogP contribution in [0.5, 0.6) is 0 Å². The molecule has 10 nitrogen and oxygen atoms in total. The molecule has 0 aliphatic heterocycles. The van der Waals surface area contributed by atoms with Crippen molar-refractivity contribution in [1.29, 1.82) is 0 Å². The summed E-state index contributed by atoms with van der Waals surface area (Å²) < 4.78 is 0. The highest BCUT2D eigenvalue weighted by Gasteiger charge is 2.16. The molecule has 0 aliphatic carbocycles. The van der Waals surface area contributed by atoms with Crippen molar-refractivity contribution in [1.82, 2.24) is 15.1 Å². The number of hydrogen-bond donors (Lipinski definition) is 4. The highest BCUT2D eigenvalue weighted by Crippen LogP contribution is 1.97. The van der Waals surface area contributed by atoms with E-state index < -0.39 is 11.9 Å². The van der Waals surface area contributed by atoms with E-state index in [1.807, 2.05) is 34.6 Å². The van der Waals surface area contributed by atoms with Gasteiger partial charge in [-0.2, -0.15) is 0 Å². The van der Waals surface area contributed by atoms with Crippen LogP contribution in [0.2, 0.25) is 0 Å². The first kappa shape index (κ1) is 35.3. The SMILES string of the molecule is CC.CC.CCN(CCN(CC(=O)O)CC(=O)NCCC(C)C)CC(=O)O.O=CO. The average molecular weight is 438 g/mol. The van der Waals surface area contributed by atoms with Crippen molar-refractivity contribution in [3.63, 3.8) is 0 Å². The molecule has 1 amide bonds. The molecule has 0 aromatic carbocycles. The quantitative estimate of drug-likeness (QED) is 0.316. The van der Waals surface area contributed by atoms with Crippen LogP contribution in [0.1, 0.15) is 54.9 Å². The van der Waals surface area contributed by atoms with Gasteiger partial charge in [0.15, 0.2) is 0 Å². The molecule has 4 N–H and O–H groups in total. The third-order valence-electron chi connectivity index (χ3n) is 3.31. The Kier molecular flexibility index (Phi) is 31.5. The van der Waals surface area contributed by atoms with Crippen molar-refractivity contribution >= 4 is 24.3 Å². The number of likely N-dealkylation sites (N-methyl/N-ethyl adjacent to an activating group) is 1. The lowest BCUT2D eigenvalue weighted by Crippen LogP contribution is -2.44. The largest absolute Gasteiger partial charge is 0.483 e.